The molecule has 0 aromatic heterocycles. The van der Waals surface area contributed by atoms with E-state index >= 15 is 0 Å². The highest BCUT2D eigenvalue weighted by atomic mass is 32.2. The van der Waals surface area contributed by atoms with Crippen molar-refractivity contribution in [3.63, 3.8) is 0 Å². The normalized spacial score (nSPS) is 11.3. The quantitative estimate of drug-likeness (QED) is 0.825. The van der Waals surface area contributed by atoms with E-state index in [0.29, 0.717) is 17.7 Å². The van der Waals surface area contributed by atoms with Crippen LogP contribution in [0.1, 0.15) is 29.8 Å². The lowest BCUT2D eigenvalue weighted by molar-refractivity contribution is -0.127. The van der Waals surface area contributed by atoms with Gasteiger partial charge in [0.2, 0.25) is 5.91 Å². The monoisotopic (exact) mass is 388 g/mol. The molecule has 0 heterocycles. The van der Waals surface area contributed by atoms with Crippen LogP contribution in [0.5, 0.6) is 0 Å². The Balaban J connectivity index is 2.06. The van der Waals surface area contributed by atoms with E-state index in [9.17, 15) is 18.0 Å². The predicted molar refractivity (Wildman–Crippen MR) is 106 cm³/mol. The lowest BCUT2D eigenvalue weighted by Crippen LogP contribution is -2.23. The fourth-order valence-corrected chi connectivity index (χ4v) is 3.37. The third kappa shape index (κ3) is 5.17. The molecule has 0 fully saturated rings. The lowest BCUT2D eigenvalue weighted by Gasteiger charge is -2.11. The maximum Gasteiger partial charge on any atom is 0.255 e. The molecule has 2 amide bonds. The Morgan fingerprint density at radius 3 is 2.00 bits per heavy atom. The van der Waals surface area contributed by atoms with Gasteiger partial charge in [-0.3, -0.25) is 9.59 Å². The number of nitrogens with zero attached hydrogens (tertiary/aromatic N) is 1. The summed E-state index contributed by atoms with van der Waals surface area (Å²) in [4.78, 5) is 25.8. The fraction of sp³-hybridized carbons (Fsp3) is 0.300. The van der Waals surface area contributed by atoms with Gasteiger partial charge in [-0.25, -0.2) is 8.42 Å². The van der Waals surface area contributed by atoms with Crippen LogP contribution in [-0.4, -0.2) is 44.5 Å². The van der Waals surface area contributed by atoms with Crippen molar-refractivity contribution in [3.8, 4) is 0 Å². The Morgan fingerprint density at radius 2 is 1.52 bits per heavy atom. The maximum absolute atomic E-state index is 12.3. The molecule has 0 saturated heterocycles. The fourth-order valence-electron chi connectivity index (χ4n) is 2.31. The summed E-state index contributed by atoms with van der Waals surface area (Å²) in [5.74, 6) is -0.330. The first-order chi connectivity index (χ1) is 12.6. The van der Waals surface area contributed by atoms with E-state index in [2.05, 4.69) is 5.32 Å². The zero-order chi connectivity index (χ0) is 20.2. The molecule has 2 aromatic rings. The van der Waals surface area contributed by atoms with Gasteiger partial charge < -0.3 is 10.2 Å². The molecular weight excluding hydrogens is 364 g/mol. The molecule has 2 rings (SSSR count). The molecule has 144 valence electrons. The largest absolute Gasteiger partial charge is 0.349 e. The third-order valence-corrected chi connectivity index (χ3v) is 6.30. The van der Waals surface area contributed by atoms with E-state index in [1.54, 1.807) is 52.2 Å². The molecule has 1 N–H and O–H groups in total. The van der Waals surface area contributed by atoms with Crippen molar-refractivity contribution in [1.29, 1.82) is 0 Å². The topological polar surface area (TPSA) is 83.5 Å². The van der Waals surface area contributed by atoms with Crippen molar-refractivity contribution in [1.82, 2.24) is 4.90 Å². The second-order valence-corrected chi connectivity index (χ2v) is 9.24. The van der Waals surface area contributed by atoms with Crippen molar-refractivity contribution in [3.05, 3.63) is 59.7 Å². The van der Waals surface area contributed by atoms with Gasteiger partial charge >= 0.3 is 0 Å². The Morgan fingerprint density at radius 1 is 0.963 bits per heavy atom. The number of sulfone groups is 1. The van der Waals surface area contributed by atoms with E-state index in [1.807, 2.05) is 0 Å². The number of anilines is 1. The van der Waals surface area contributed by atoms with Crippen LogP contribution in [0.4, 0.5) is 5.69 Å². The Bertz CT molecular complexity index is 915. The minimum atomic E-state index is -3.36. The van der Waals surface area contributed by atoms with Gasteiger partial charge in [-0.15, -0.1) is 0 Å². The highest BCUT2D eigenvalue weighted by Gasteiger charge is 2.19. The summed E-state index contributed by atoms with van der Waals surface area (Å²) >= 11 is 0. The summed E-state index contributed by atoms with van der Waals surface area (Å²) in [5, 5.41) is 2.24. The van der Waals surface area contributed by atoms with Crippen LogP contribution < -0.4 is 5.32 Å². The predicted octanol–water partition coefficient (Wildman–Crippen LogP) is 2.75. The molecule has 6 nitrogen and oxygen atoms in total. The Hall–Kier alpha value is -2.67. The van der Waals surface area contributed by atoms with Gasteiger partial charge in [0.05, 0.1) is 16.6 Å². The molecule has 2 aromatic carbocycles. The minimum Gasteiger partial charge on any atom is -0.349 e. The first-order valence-electron chi connectivity index (χ1n) is 8.55. The van der Waals surface area contributed by atoms with Crippen LogP contribution in [0.2, 0.25) is 0 Å². The van der Waals surface area contributed by atoms with E-state index in [4.69, 9.17) is 0 Å². The van der Waals surface area contributed by atoms with Crippen molar-refractivity contribution in [2.24, 2.45) is 0 Å². The number of carbonyl (C=O) groups excluding carboxylic acids is 2. The van der Waals surface area contributed by atoms with Crippen molar-refractivity contribution < 1.29 is 18.0 Å². The molecule has 27 heavy (non-hydrogen) atoms. The molecule has 7 heteroatoms. The minimum absolute atomic E-state index is 0.00299. The first kappa shape index (κ1) is 20.6. The summed E-state index contributed by atoms with van der Waals surface area (Å²) in [6.45, 7) is 3.23. The van der Waals surface area contributed by atoms with Crippen LogP contribution >= 0.6 is 0 Å². The number of hydrogen-bond acceptors (Lipinski definition) is 4. The average Bonchev–Trinajstić information content (AvgIpc) is 2.63. The first-order valence-corrected chi connectivity index (χ1v) is 10.1. The molecule has 0 unspecified atom stereocenters. The second kappa shape index (κ2) is 8.35. The van der Waals surface area contributed by atoms with Gasteiger partial charge in [-0.05, 0) is 55.8 Å². The van der Waals surface area contributed by atoms with E-state index in [1.165, 1.54) is 29.2 Å². The highest BCUT2D eigenvalue weighted by Crippen LogP contribution is 2.18. The van der Waals surface area contributed by atoms with Crippen LogP contribution in [0.15, 0.2) is 53.4 Å². The van der Waals surface area contributed by atoms with Crippen LogP contribution in [0, 0.1) is 0 Å². The van der Waals surface area contributed by atoms with Crippen molar-refractivity contribution >= 4 is 27.3 Å². The molecule has 0 saturated carbocycles. The molecule has 0 aliphatic carbocycles. The SMILES string of the molecule is CC(C)S(=O)(=O)c1ccc(C(=O)Nc2ccc(CC(=O)N(C)C)cc2)cc1. The number of rotatable bonds is 6. The summed E-state index contributed by atoms with van der Waals surface area (Å²) in [6.07, 6.45) is 0.299. The summed E-state index contributed by atoms with van der Waals surface area (Å²) in [7, 11) is 0.0441. The number of benzene rings is 2. The second-order valence-electron chi connectivity index (χ2n) is 6.73. The van der Waals surface area contributed by atoms with Crippen molar-refractivity contribution in [2.45, 2.75) is 30.4 Å². The van der Waals surface area contributed by atoms with Gasteiger partial charge in [0.25, 0.3) is 5.91 Å². The smallest absolute Gasteiger partial charge is 0.255 e. The summed E-state index contributed by atoms with van der Waals surface area (Å²) in [5.41, 5.74) is 1.82. The molecule has 0 radical (unpaired) electrons. The summed E-state index contributed by atoms with van der Waals surface area (Å²) in [6, 6.07) is 12.9. The average molecular weight is 388 g/mol. The lowest BCUT2D eigenvalue weighted by atomic mass is 10.1. The molecule has 0 spiro atoms. The maximum atomic E-state index is 12.3. The van der Waals surface area contributed by atoms with Crippen molar-refractivity contribution in [2.75, 3.05) is 19.4 Å². The van der Waals surface area contributed by atoms with E-state index < -0.39 is 15.1 Å². The zero-order valence-electron chi connectivity index (χ0n) is 15.9. The summed E-state index contributed by atoms with van der Waals surface area (Å²) < 4.78 is 24.3. The van der Waals surface area contributed by atoms with Gasteiger partial charge in [-0.2, -0.15) is 0 Å². The third-order valence-electron chi connectivity index (χ3n) is 4.13. The molecular formula is C20H24N2O4S. The van der Waals surface area contributed by atoms with Gasteiger partial charge in [0, 0.05) is 25.3 Å². The molecule has 0 bridgehead atoms. The number of hydrogen-bond donors (Lipinski definition) is 1. The van der Waals surface area contributed by atoms with E-state index in [0.717, 1.165) is 5.56 Å². The highest BCUT2D eigenvalue weighted by molar-refractivity contribution is 7.92. The Kier molecular flexibility index (Phi) is 6.38. The molecule has 0 aliphatic heterocycles. The van der Waals surface area contributed by atoms with Crippen LogP contribution in [-0.2, 0) is 21.1 Å². The number of amides is 2. The number of likely N-dealkylation sites (N-methyl/N-ethyl adjacent to an activating group) is 1. The molecule has 0 atom stereocenters. The van der Waals surface area contributed by atoms with Crippen LogP contribution in [0.3, 0.4) is 0 Å². The number of nitrogens with one attached hydrogen (secondary N) is 1. The van der Waals surface area contributed by atoms with E-state index in [-0.39, 0.29) is 16.7 Å². The van der Waals surface area contributed by atoms with Gasteiger partial charge in [0.15, 0.2) is 9.84 Å². The number of carbonyl (C=O) groups is 2. The standard InChI is InChI=1S/C20H24N2O4S/c1-14(2)27(25,26)18-11-7-16(8-12-18)20(24)21-17-9-5-15(6-10-17)13-19(23)22(3)4/h5-12,14H,13H2,1-4H3,(H,21,24). The Labute approximate surface area is 160 Å². The van der Waals surface area contributed by atoms with Gasteiger partial charge in [-0.1, -0.05) is 12.1 Å². The molecule has 0 aliphatic rings. The van der Waals surface area contributed by atoms with Crippen LogP contribution in [0.25, 0.3) is 0 Å². The zero-order valence-corrected chi connectivity index (χ0v) is 16.7. The van der Waals surface area contributed by atoms with Gasteiger partial charge in [0.1, 0.15) is 0 Å².